The maximum absolute atomic E-state index is 14.7. The number of amides is 1. The van der Waals surface area contributed by atoms with Gasteiger partial charge in [-0.1, -0.05) is 6.07 Å². The monoisotopic (exact) mass is 476 g/mol. The van der Waals surface area contributed by atoms with Crippen molar-refractivity contribution in [3.63, 3.8) is 0 Å². The zero-order valence-electron chi connectivity index (χ0n) is 18.6. The van der Waals surface area contributed by atoms with Gasteiger partial charge in [0.05, 0.1) is 66.1 Å². The van der Waals surface area contributed by atoms with Gasteiger partial charge in [0.25, 0.3) is 5.91 Å². The molecule has 0 unspecified atom stereocenters. The van der Waals surface area contributed by atoms with Gasteiger partial charge >= 0.3 is 0 Å². The van der Waals surface area contributed by atoms with Crippen molar-refractivity contribution in [1.82, 2.24) is 20.1 Å². The first-order valence-corrected chi connectivity index (χ1v) is 11.2. The topological polar surface area (TPSA) is 126 Å². The Morgan fingerprint density at radius 3 is 2.89 bits per heavy atom. The molecule has 2 aromatic heterocycles. The summed E-state index contributed by atoms with van der Waals surface area (Å²) in [6.45, 7) is 1.76. The zero-order chi connectivity index (χ0) is 24.2. The SMILES string of the molecule is N#Cc1cccc(F)c1-c1cc(-n2ccc(N3CC[C@]4(C3)OC[C@H](O)CO4)n2)c2c(n1)CNC2=O. The third-order valence-electron chi connectivity index (χ3n) is 6.52. The molecule has 0 atom stereocenters. The van der Waals surface area contributed by atoms with Gasteiger partial charge in [-0.05, 0) is 18.2 Å². The molecule has 2 fully saturated rings. The van der Waals surface area contributed by atoms with E-state index in [1.807, 2.05) is 17.0 Å². The number of nitriles is 1. The van der Waals surface area contributed by atoms with Crippen molar-refractivity contribution in [2.24, 2.45) is 0 Å². The number of nitrogens with one attached hydrogen (secondary N) is 1. The highest BCUT2D eigenvalue weighted by atomic mass is 19.1. The minimum absolute atomic E-state index is 0.0843. The molecule has 1 amide bonds. The van der Waals surface area contributed by atoms with E-state index in [0.717, 1.165) is 0 Å². The van der Waals surface area contributed by atoms with Crippen LogP contribution < -0.4 is 10.2 Å². The highest BCUT2D eigenvalue weighted by Crippen LogP contribution is 2.34. The molecule has 3 aliphatic rings. The molecule has 11 heteroatoms. The molecule has 6 rings (SSSR count). The van der Waals surface area contributed by atoms with Crippen LogP contribution in [-0.4, -0.2) is 64.0 Å². The molecule has 3 aromatic rings. The second-order valence-corrected chi connectivity index (χ2v) is 8.78. The van der Waals surface area contributed by atoms with Crippen LogP contribution in [0.15, 0.2) is 36.5 Å². The number of carbonyl (C=O) groups is 1. The van der Waals surface area contributed by atoms with Gasteiger partial charge in [0.2, 0.25) is 0 Å². The molecule has 0 radical (unpaired) electrons. The highest BCUT2D eigenvalue weighted by molar-refractivity contribution is 6.01. The molecule has 0 bridgehead atoms. The lowest BCUT2D eigenvalue weighted by atomic mass is 10.0. The fourth-order valence-corrected chi connectivity index (χ4v) is 4.79. The maximum atomic E-state index is 14.7. The molecule has 5 heterocycles. The van der Waals surface area contributed by atoms with Crippen molar-refractivity contribution in [3.05, 3.63) is 59.2 Å². The maximum Gasteiger partial charge on any atom is 0.255 e. The molecule has 178 valence electrons. The third kappa shape index (κ3) is 3.63. The summed E-state index contributed by atoms with van der Waals surface area (Å²) in [5.41, 5.74) is 1.77. The van der Waals surface area contributed by atoms with Gasteiger partial charge < -0.3 is 24.8 Å². The van der Waals surface area contributed by atoms with E-state index in [-0.39, 0.29) is 42.5 Å². The fraction of sp³-hybridized carbons (Fsp3) is 0.333. The Hall–Kier alpha value is -3.85. The summed E-state index contributed by atoms with van der Waals surface area (Å²) in [7, 11) is 0. The lowest BCUT2D eigenvalue weighted by molar-refractivity contribution is -0.280. The Kier molecular flexibility index (Phi) is 5.03. The molecule has 0 saturated carbocycles. The van der Waals surface area contributed by atoms with E-state index in [1.165, 1.54) is 18.2 Å². The third-order valence-corrected chi connectivity index (χ3v) is 6.52. The van der Waals surface area contributed by atoms with Gasteiger partial charge in [-0.3, -0.25) is 4.79 Å². The summed E-state index contributed by atoms with van der Waals surface area (Å²) in [6, 6.07) is 9.69. The second kappa shape index (κ2) is 8.13. The van der Waals surface area contributed by atoms with Crippen molar-refractivity contribution in [1.29, 1.82) is 5.26 Å². The Labute approximate surface area is 199 Å². The number of pyridine rings is 1. The molecule has 2 N–H and O–H groups in total. The van der Waals surface area contributed by atoms with E-state index < -0.39 is 17.7 Å². The normalized spacial score (nSPS) is 23.4. The average molecular weight is 476 g/mol. The summed E-state index contributed by atoms with van der Waals surface area (Å²) in [5.74, 6) is -0.968. The largest absolute Gasteiger partial charge is 0.388 e. The van der Waals surface area contributed by atoms with E-state index >= 15 is 0 Å². The molecular weight excluding hydrogens is 455 g/mol. The number of aromatic nitrogens is 3. The standard InChI is InChI=1S/C24H21FN6O4/c25-16-3-1-2-14(9-26)21(16)17-8-19(22-18(28-17)10-27-23(22)33)31-6-4-20(29-31)30-7-5-24(13-30)34-11-15(32)12-35-24/h1-4,6,8,15,32H,5,7,10-13H2,(H,27,33)/t15-,24-. The molecule has 35 heavy (non-hydrogen) atoms. The van der Waals surface area contributed by atoms with E-state index in [4.69, 9.17) is 9.47 Å². The number of carbonyl (C=O) groups excluding carboxylic acids is 1. The van der Waals surface area contributed by atoms with Gasteiger partial charge in [0, 0.05) is 25.2 Å². The Morgan fingerprint density at radius 1 is 1.26 bits per heavy atom. The first-order chi connectivity index (χ1) is 17.0. The van der Waals surface area contributed by atoms with Crippen LogP contribution in [0.1, 0.15) is 28.0 Å². The molecule has 0 aliphatic carbocycles. The number of ether oxygens (including phenoxy) is 2. The summed E-state index contributed by atoms with van der Waals surface area (Å²) in [5, 5.41) is 26.6. The minimum Gasteiger partial charge on any atom is -0.388 e. The number of aliphatic hydroxyl groups is 1. The molecule has 1 spiro atoms. The number of fused-ring (bicyclic) bond motifs is 1. The molecular formula is C24H21FN6O4. The van der Waals surface area contributed by atoms with Gasteiger partial charge in [0.1, 0.15) is 11.9 Å². The second-order valence-electron chi connectivity index (χ2n) is 8.78. The van der Waals surface area contributed by atoms with Crippen molar-refractivity contribution in [3.8, 4) is 23.0 Å². The number of nitrogens with zero attached hydrogens (tertiary/aromatic N) is 5. The smallest absolute Gasteiger partial charge is 0.255 e. The van der Waals surface area contributed by atoms with E-state index in [9.17, 15) is 19.6 Å². The van der Waals surface area contributed by atoms with Crippen LogP contribution in [0, 0.1) is 17.1 Å². The van der Waals surface area contributed by atoms with Gasteiger partial charge in [-0.15, -0.1) is 0 Å². The Bertz CT molecular complexity index is 1370. The quantitative estimate of drug-likeness (QED) is 0.583. The number of benzene rings is 1. The number of rotatable bonds is 3. The van der Waals surface area contributed by atoms with Crippen LogP contribution in [0.5, 0.6) is 0 Å². The van der Waals surface area contributed by atoms with Crippen molar-refractivity contribution >= 4 is 11.7 Å². The minimum atomic E-state index is -0.771. The number of halogens is 1. The summed E-state index contributed by atoms with van der Waals surface area (Å²) in [6.07, 6.45) is 1.73. The van der Waals surface area contributed by atoms with Crippen LogP contribution in [-0.2, 0) is 16.0 Å². The first-order valence-electron chi connectivity index (χ1n) is 11.2. The van der Waals surface area contributed by atoms with Gasteiger partial charge in [-0.2, -0.15) is 10.4 Å². The molecule has 3 aliphatic heterocycles. The number of hydrogen-bond acceptors (Lipinski definition) is 8. The van der Waals surface area contributed by atoms with Crippen LogP contribution in [0.25, 0.3) is 16.9 Å². The Morgan fingerprint density at radius 2 is 2.09 bits per heavy atom. The predicted molar refractivity (Wildman–Crippen MR) is 120 cm³/mol. The summed E-state index contributed by atoms with van der Waals surface area (Å²) < 4.78 is 27.9. The van der Waals surface area contributed by atoms with Crippen LogP contribution in [0.3, 0.4) is 0 Å². The summed E-state index contributed by atoms with van der Waals surface area (Å²) >= 11 is 0. The van der Waals surface area contributed by atoms with Crippen LogP contribution in [0.4, 0.5) is 10.2 Å². The predicted octanol–water partition coefficient (Wildman–Crippen LogP) is 1.50. The van der Waals surface area contributed by atoms with Crippen molar-refractivity contribution in [2.75, 3.05) is 31.2 Å². The molecule has 1 aromatic carbocycles. The highest BCUT2D eigenvalue weighted by Gasteiger charge is 2.44. The van der Waals surface area contributed by atoms with Gasteiger partial charge in [-0.25, -0.2) is 14.1 Å². The van der Waals surface area contributed by atoms with Crippen molar-refractivity contribution in [2.45, 2.75) is 24.9 Å². The molecule has 2 saturated heterocycles. The lowest BCUT2D eigenvalue weighted by Crippen LogP contribution is -2.48. The van der Waals surface area contributed by atoms with Gasteiger partial charge in [0.15, 0.2) is 11.6 Å². The zero-order valence-corrected chi connectivity index (χ0v) is 18.6. The lowest BCUT2D eigenvalue weighted by Gasteiger charge is -2.35. The van der Waals surface area contributed by atoms with E-state index in [2.05, 4.69) is 15.4 Å². The molecule has 10 nitrogen and oxygen atoms in total. The number of hydrogen-bond donors (Lipinski definition) is 2. The summed E-state index contributed by atoms with van der Waals surface area (Å²) in [4.78, 5) is 19.1. The van der Waals surface area contributed by atoms with E-state index in [1.54, 1.807) is 16.9 Å². The first kappa shape index (κ1) is 21.7. The van der Waals surface area contributed by atoms with E-state index in [0.29, 0.717) is 42.3 Å². The van der Waals surface area contributed by atoms with Crippen LogP contribution >= 0.6 is 0 Å². The number of anilines is 1. The van der Waals surface area contributed by atoms with Crippen LogP contribution in [0.2, 0.25) is 0 Å². The average Bonchev–Trinajstić information content (AvgIpc) is 3.60. The van der Waals surface area contributed by atoms with Crippen molar-refractivity contribution < 1.29 is 23.8 Å². The fourth-order valence-electron chi connectivity index (χ4n) is 4.79. The Balaban J connectivity index is 1.37. The number of aliphatic hydroxyl groups excluding tert-OH is 1.